The number of hydrazone groups is 1. The largest absolute Gasteiger partial charge is 0.359 e. The van der Waals surface area contributed by atoms with Crippen molar-refractivity contribution in [3.05, 3.63) is 27.1 Å². The highest BCUT2D eigenvalue weighted by Gasteiger charge is 2.15. The second-order valence-electron chi connectivity index (χ2n) is 4.26. The van der Waals surface area contributed by atoms with E-state index >= 15 is 0 Å². The van der Waals surface area contributed by atoms with Gasteiger partial charge in [0.2, 0.25) is 0 Å². The van der Waals surface area contributed by atoms with Crippen LogP contribution in [0.4, 0.5) is 5.00 Å². The summed E-state index contributed by atoms with van der Waals surface area (Å²) in [6.07, 6.45) is 6.29. The summed E-state index contributed by atoms with van der Waals surface area (Å²) in [4.78, 5) is 10.8. The third kappa shape index (κ3) is 4.25. The fraction of sp³-hybridized carbons (Fsp3) is 0.455. The predicted molar refractivity (Wildman–Crippen MR) is 79.7 cm³/mol. The number of nitro groups is 1. The SMILES string of the molecule is O=[N+]([O-])c1ccc(/C=N\NC(=S)NC2CCCC2)s1. The minimum absolute atomic E-state index is 0.105. The lowest BCUT2D eigenvalue weighted by atomic mass is 10.3. The van der Waals surface area contributed by atoms with E-state index in [1.54, 1.807) is 6.07 Å². The highest BCUT2D eigenvalue weighted by molar-refractivity contribution is 7.80. The van der Waals surface area contributed by atoms with Crippen molar-refractivity contribution in [2.45, 2.75) is 31.7 Å². The Morgan fingerprint density at radius 1 is 1.53 bits per heavy atom. The smallest absolute Gasteiger partial charge is 0.324 e. The Labute approximate surface area is 120 Å². The number of hydrogen-bond acceptors (Lipinski definition) is 5. The molecule has 1 saturated carbocycles. The van der Waals surface area contributed by atoms with Gasteiger partial charge in [0.1, 0.15) is 0 Å². The number of rotatable bonds is 4. The quantitative estimate of drug-likeness (QED) is 0.386. The Morgan fingerprint density at radius 3 is 2.89 bits per heavy atom. The van der Waals surface area contributed by atoms with E-state index in [-0.39, 0.29) is 5.00 Å². The van der Waals surface area contributed by atoms with Crippen LogP contribution in [-0.4, -0.2) is 22.3 Å². The molecule has 0 aromatic carbocycles. The Kier molecular flexibility index (Phi) is 4.80. The lowest BCUT2D eigenvalue weighted by Crippen LogP contribution is -2.38. The molecule has 2 N–H and O–H groups in total. The first kappa shape index (κ1) is 13.9. The molecule has 0 radical (unpaired) electrons. The molecule has 1 fully saturated rings. The topological polar surface area (TPSA) is 79.6 Å². The minimum Gasteiger partial charge on any atom is -0.359 e. The normalized spacial score (nSPS) is 15.8. The standard InChI is InChI=1S/C11H14N4O2S2/c16-15(17)10-6-5-9(19-10)7-12-14-11(18)13-8-3-1-2-4-8/h5-8H,1-4H2,(H2,13,14,18)/b12-7-. The number of nitrogens with zero attached hydrogens (tertiary/aromatic N) is 2. The molecule has 2 rings (SSSR count). The second-order valence-corrected chi connectivity index (χ2v) is 5.76. The average molecular weight is 298 g/mol. The van der Waals surface area contributed by atoms with Crippen molar-refractivity contribution in [3.63, 3.8) is 0 Å². The van der Waals surface area contributed by atoms with Gasteiger partial charge in [-0.15, -0.1) is 0 Å². The van der Waals surface area contributed by atoms with E-state index in [4.69, 9.17) is 12.2 Å². The van der Waals surface area contributed by atoms with Crippen molar-refractivity contribution in [1.29, 1.82) is 0 Å². The Bertz CT molecular complexity index is 495. The van der Waals surface area contributed by atoms with Crippen LogP contribution < -0.4 is 10.7 Å². The lowest BCUT2D eigenvalue weighted by Gasteiger charge is -2.12. The first-order valence-electron chi connectivity index (χ1n) is 5.99. The molecular formula is C11H14N4O2S2. The van der Waals surface area contributed by atoms with E-state index in [1.165, 1.54) is 25.1 Å². The van der Waals surface area contributed by atoms with Gasteiger partial charge >= 0.3 is 5.00 Å². The van der Waals surface area contributed by atoms with Gasteiger partial charge in [0.25, 0.3) is 0 Å². The summed E-state index contributed by atoms with van der Waals surface area (Å²) in [7, 11) is 0. The van der Waals surface area contributed by atoms with E-state index in [0.717, 1.165) is 24.2 Å². The molecule has 1 aromatic rings. The number of hydrogen-bond donors (Lipinski definition) is 2. The van der Waals surface area contributed by atoms with Gasteiger partial charge in [0.15, 0.2) is 5.11 Å². The zero-order valence-corrected chi connectivity index (χ0v) is 11.8. The third-order valence-corrected chi connectivity index (χ3v) is 4.02. The first-order valence-corrected chi connectivity index (χ1v) is 7.21. The van der Waals surface area contributed by atoms with Crippen molar-refractivity contribution < 1.29 is 4.92 Å². The van der Waals surface area contributed by atoms with Crippen LogP contribution in [0.15, 0.2) is 17.2 Å². The highest BCUT2D eigenvalue weighted by Crippen LogP contribution is 2.22. The fourth-order valence-corrected chi connectivity index (χ4v) is 2.87. The molecule has 0 saturated heterocycles. The van der Waals surface area contributed by atoms with Crippen LogP contribution in [0.5, 0.6) is 0 Å². The maximum atomic E-state index is 10.5. The van der Waals surface area contributed by atoms with E-state index in [9.17, 15) is 10.1 Å². The predicted octanol–water partition coefficient (Wildman–Crippen LogP) is 2.40. The minimum atomic E-state index is -0.415. The molecule has 0 unspecified atom stereocenters. The molecule has 8 heteroatoms. The molecule has 6 nitrogen and oxygen atoms in total. The molecule has 1 aliphatic rings. The van der Waals surface area contributed by atoms with Crippen molar-refractivity contribution in [2.75, 3.05) is 0 Å². The fourth-order valence-electron chi connectivity index (χ4n) is 1.95. The number of nitrogens with one attached hydrogen (secondary N) is 2. The Morgan fingerprint density at radius 2 is 2.26 bits per heavy atom. The van der Waals surface area contributed by atoms with Crippen LogP contribution >= 0.6 is 23.6 Å². The van der Waals surface area contributed by atoms with Crippen molar-refractivity contribution >= 4 is 39.9 Å². The van der Waals surface area contributed by atoms with Crippen LogP contribution in [0.3, 0.4) is 0 Å². The Balaban J connectivity index is 1.78. The summed E-state index contributed by atoms with van der Waals surface area (Å²) in [5.74, 6) is 0. The van der Waals surface area contributed by atoms with Gasteiger partial charge in [-0.1, -0.05) is 24.2 Å². The Hall–Kier alpha value is -1.54. The molecule has 0 atom stereocenters. The summed E-state index contributed by atoms with van der Waals surface area (Å²) in [5.41, 5.74) is 2.72. The van der Waals surface area contributed by atoms with Crippen LogP contribution in [0.1, 0.15) is 30.6 Å². The summed E-state index contributed by atoms with van der Waals surface area (Å²) in [6.45, 7) is 0. The summed E-state index contributed by atoms with van der Waals surface area (Å²) >= 11 is 6.19. The number of thiophene rings is 1. The molecule has 102 valence electrons. The van der Waals surface area contributed by atoms with Gasteiger partial charge < -0.3 is 5.32 Å². The molecule has 0 spiro atoms. The van der Waals surface area contributed by atoms with Gasteiger partial charge in [0, 0.05) is 12.1 Å². The van der Waals surface area contributed by atoms with Crippen LogP contribution in [0, 0.1) is 10.1 Å². The van der Waals surface area contributed by atoms with Crippen LogP contribution in [-0.2, 0) is 0 Å². The average Bonchev–Trinajstić information content (AvgIpc) is 3.00. The molecule has 1 aromatic heterocycles. The molecule has 0 amide bonds. The van der Waals surface area contributed by atoms with Crippen molar-refractivity contribution in [2.24, 2.45) is 5.10 Å². The zero-order valence-electron chi connectivity index (χ0n) is 10.2. The van der Waals surface area contributed by atoms with E-state index in [0.29, 0.717) is 16.0 Å². The van der Waals surface area contributed by atoms with Crippen LogP contribution in [0.25, 0.3) is 0 Å². The molecule has 0 aliphatic heterocycles. The summed E-state index contributed by atoms with van der Waals surface area (Å²) in [5, 5.41) is 18.3. The van der Waals surface area contributed by atoms with Gasteiger partial charge in [-0.05, 0) is 31.1 Å². The molecule has 19 heavy (non-hydrogen) atoms. The van der Waals surface area contributed by atoms with Gasteiger partial charge in [-0.3, -0.25) is 15.5 Å². The van der Waals surface area contributed by atoms with E-state index in [2.05, 4.69) is 15.8 Å². The molecule has 0 bridgehead atoms. The number of thiocarbonyl (C=S) groups is 1. The van der Waals surface area contributed by atoms with Crippen molar-refractivity contribution in [1.82, 2.24) is 10.7 Å². The van der Waals surface area contributed by atoms with E-state index in [1.807, 2.05) is 0 Å². The maximum absolute atomic E-state index is 10.5. The van der Waals surface area contributed by atoms with Gasteiger partial charge in [0.05, 0.1) is 16.0 Å². The van der Waals surface area contributed by atoms with Gasteiger partial charge in [-0.25, -0.2) is 0 Å². The van der Waals surface area contributed by atoms with Gasteiger partial charge in [-0.2, -0.15) is 5.10 Å². The molecule has 1 heterocycles. The maximum Gasteiger partial charge on any atom is 0.324 e. The third-order valence-electron chi connectivity index (χ3n) is 2.84. The van der Waals surface area contributed by atoms with E-state index < -0.39 is 4.92 Å². The summed E-state index contributed by atoms with van der Waals surface area (Å²) < 4.78 is 0. The second kappa shape index (κ2) is 6.58. The van der Waals surface area contributed by atoms with Crippen molar-refractivity contribution in [3.8, 4) is 0 Å². The lowest BCUT2D eigenvalue weighted by molar-refractivity contribution is -0.380. The summed E-state index contributed by atoms with van der Waals surface area (Å²) in [6, 6.07) is 3.56. The molecular weight excluding hydrogens is 284 g/mol. The first-order chi connectivity index (χ1) is 9.15. The monoisotopic (exact) mass is 298 g/mol. The molecule has 1 aliphatic carbocycles. The highest BCUT2D eigenvalue weighted by atomic mass is 32.1. The zero-order chi connectivity index (χ0) is 13.7. The van der Waals surface area contributed by atoms with Crippen LogP contribution in [0.2, 0.25) is 0 Å².